The van der Waals surface area contributed by atoms with Gasteiger partial charge in [-0.2, -0.15) is 0 Å². The fourth-order valence-corrected chi connectivity index (χ4v) is 1.33. The summed E-state index contributed by atoms with van der Waals surface area (Å²) in [5.41, 5.74) is -0.612. The fraction of sp³-hybridized carbons (Fsp3) is 0.375. The van der Waals surface area contributed by atoms with Crippen molar-refractivity contribution < 1.29 is 18.6 Å². The molecule has 0 spiro atoms. The van der Waals surface area contributed by atoms with Gasteiger partial charge < -0.3 is 9.84 Å². The van der Waals surface area contributed by atoms with Crippen molar-refractivity contribution in [3.63, 3.8) is 0 Å². The van der Waals surface area contributed by atoms with Crippen LogP contribution in [0.25, 0.3) is 0 Å². The lowest BCUT2D eigenvalue weighted by Gasteiger charge is -2.10. The van der Waals surface area contributed by atoms with Gasteiger partial charge in [0, 0.05) is 0 Å². The standard InChI is InChI=1S/C8H8ClF2NO2/c1-14-5-2-12-4(3-13)6(7(5)9)8(10)11/h2,8,13H,3H2,1H3. The molecule has 1 aromatic rings. The second-order valence-corrected chi connectivity index (χ2v) is 2.84. The maximum absolute atomic E-state index is 12.5. The van der Waals surface area contributed by atoms with Gasteiger partial charge >= 0.3 is 0 Å². The molecule has 0 atom stereocenters. The van der Waals surface area contributed by atoms with Crippen LogP contribution in [0.2, 0.25) is 5.02 Å². The van der Waals surface area contributed by atoms with Crippen LogP contribution in [0.5, 0.6) is 5.75 Å². The van der Waals surface area contributed by atoms with Gasteiger partial charge in [0.2, 0.25) is 0 Å². The number of aliphatic hydroxyl groups excluding tert-OH is 1. The van der Waals surface area contributed by atoms with Crippen molar-refractivity contribution in [2.75, 3.05) is 7.11 Å². The first-order valence-electron chi connectivity index (χ1n) is 3.72. The third-order valence-electron chi connectivity index (χ3n) is 1.69. The molecule has 0 aliphatic carbocycles. The molecule has 14 heavy (non-hydrogen) atoms. The van der Waals surface area contributed by atoms with E-state index in [9.17, 15) is 8.78 Å². The van der Waals surface area contributed by atoms with E-state index in [1.807, 2.05) is 0 Å². The number of hydrogen-bond donors (Lipinski definition) is 1. The van der Waals surface area contributed by atoms with Gasteiger partial charge in [0.1, 0.15) is 0 Å². The van der Waals surface area contributed by atoms with Gasteiger partial charge in [-0.3, -0.25) is 4.98 Å². The number of rotatable bonds is 3. The summed E-state index contributed by atoms with van der Waals surface area (Å²) in [6.45, 7) is -0.580. The zero-order valence-electron chi connectivity index (χ0n) is 7.30. The first-order chi connectivity index (χ1) is 6.61. The van der Waals surface area contributed by atoms with Gasteiger partial charge in [0.25, 0.3) is 6.43 Å². The highest BCUT2D eigenvalue weighted by molar-refractivity contribution is 6.32. The second-order valence-electron chi connectivity index (χ2n) is 2.46. The molecule has 6 heteroatoms. The van der Waals surface area contributed by atoms with Gasteiger partial charge in [-0.15, -0.1) is 0 Å². The van der Waals surface area contributed by atoms with Crippen LogP contribution in [-0.4, -0.2) is 17.2 Å². The number of alkyl halides is 2. The van der Waals surface area contributed by atoms with E-state index in [0.717, 1.165) is 0 Å². The Balaban J connectivity index is 3.31. The molecule has 0 aliphatic heterocycles. The first-order valence-corrected chi connectivity index (χ1v) is 4.09. The number of pyridine rings is 1. The lowest BCUT2D eigenvalue weighted by Crippen LogP contribution is -2.01. The Hall–Kier alpha value is -0.940. The number of halogens is 3. The Bertz CT molecular complexity index is 333. The highest BCUT2D eigenvalue weighted by Gasteiger charge is 2.21. The van der Waals surface area contributed by atoms with Crippen molar-refractivity contribution in [3.05, 3.63) is 22.5 Å². The van der Waals surface area contributed by atoms with E-state index < -0.39 is 18.6 Å². The highest BCUT2D eigenvalue weighted by Crippen LogP contribution is 2.35. The van der Waals surface area contributed by atoms with E-state index in [0.29, 0.717) is 0 Å². The molecule has 1 aromatic heterocycles. The zero-order valence-corrected chi connectivity index (χ0v) is 8.05. The Kier molecular flexibility index (Phi) is 3.60. The van der Waals surface area contributed by atoms with Crippen molar-refractivity contribution in [2.24, 2.45) is 0 Å². The quantitative estimate of drug-likeness (QED) is 0.854. The van der Waals surface area contributed by atoms with Gasteiger partial charge in [0.05, 0.1) is 36.2 Å². The van der Waals surface area contributed by atoms with Crippen LogP contribution in [0.1, 0.15) is 17.7 Å². The van der Waals surface area contributed by atoms with Gasteiger partial charge in [-0.25, -0.2) is 8.78 Å². The molecule has 1 rings (SSSR count). The predicted molar refractivity (Wildman–Crippen MR) is 46.7 cm³/mol. The van der Waals surface area contributed by atoms with E-state index in [-0.39, 0.29) is 16.5 Å². The van der Waals surface area contributed by atoms with Crippen molar-refractivity contribution >= 4 is 11.6 Å². The average molecular weight is 224 g/mol. The molecule has 78 valence electrons. The summed E-state index contributed by atoms with van der Waals surface area (Å²) in [4.78, 5) is 3.61. The van der Waals surface area contributed by atoms with Gasteiger partial charge in [0.15, 0.2) is 5.75 Å². The predicted octanol–water partition coefficient (Wildman–Crippen LogP) is 2.17. The number of nitrogens with zero attached hydrogens (tertiary/aromatic N) is 1. The molecule has 0 unspecified atom stereocenters. The Morgan fingerprint density at radius 1 is 1.64 bits per heavy atom. The van der Waals surface area contributed by atoms with Crippen LogP contribution in [0.15, 0.2) is 6.20 Å². The van der Waals surface area contributed by atoms with Crippen LogP contribution in [0, 0.1) is 0 Å². The normalized spacial score (nSPS) is 10.7. The van der Waals surface area contributed by atoms with E-state index >= 15 is 0 Å². The monoisotopic (exact) mass is 223 g/mol. The van der Waals surface area contributed by atoms with Crippen molar-refractivity contribution in [1.82, 2.24) is 4.98 Å². The minimum atomic E-state index is -2.78. The molecule has 1 heterocycles. The second kappa shape index (κ2) is 4.52. The van der Waals surface area contributed by atoms with Gasteiger partial charge in [-0.05, 0) is 0 Å². The average Bonchev–Trinajstić information content (AvgIpc) is 2.16. The Morgan fingerprint density at radius 2 is 2.29 bits per heavy atom. The summed E-state index contributed by atoms with van der Waals surface area (Å²) in [5, 5.41) is 8.55. The van der Waals surface area contributed by atoms with E-state index in [2.05, 4.69) is 4.98 Å². The maximum Gasteiger partial charge on any atom is 0.267 e. The SMILES string of the molecule is COc1cnc(CO)c(C(F)F)c1Cl. The lowest BCUT2D eigenvalue weighted by molar-refractivity contribution is 0.145. The topological polar surface area (TPSA) is 42.4 Å². The summed E-state index contributed by atoms with van der Waals surface area (Å²) in [5.74, 6) is 0.0687. The summed E-state index contributed by atoms with van der Waals surface area (Å²) >= 11 is 5.63. The first kappa shape index (κ1) is 11.1. The van der Waals surface area contributed by atoms with Crippen LogP contribution in [0.4, 0.5) is 8.78 Å². The van der Waals surface area contributed by atoms with Gasteiger partial charge in [-0.1, -0.05) is 11.6 Å². The number of ether oxygens (including phenoxy) is 1. The summed E-state index contributed by atoms with van der Waals surface area (Å²) < 4.78 is 29.7. The largest absolute Gasteiger partial charge is 0.494 e. The van der Waals surface area contributed by atoms with Crippen LogP contribution >= 0.6 is 11.6 Å². The van der Waals surface area contributed by atoms with Crippen molar-refractivity contribution in [1.29, 1.82) is 0 Å². The van der Waals surface area contributed by atoms with Crippen molar-refractivity contribution in [2.45, 2.75) is 13.0 Å². The fourth-order valence-electron chi connectivity index (χ4n) is 1.01. The zero-order chi connectivity index (χ0) is 10.7. The van der Waals surface area contributed by atoms with Crippen LogP contribution in [-0.2, 0) is 6.61 Å². The van der Waals surface area contributed by atoms with Crippen LogP contribution < -0.4 is 4.74 Å². The molecule has 0 saturated heterocycles. The smallest absolute Gasteiger partial charge is 0.267 e. The summed E-state index contributed by atoms with van der Waals surface area (Å²) in [6, 6.07) is 0. The molecule has 0 fully saturated rings. The molecule has 0 aromatic carbocycles. The molecular weight excluding hydrogens is 216 g/mol. The summed E-state index contributed by atoms with van der Waals surface area (Å²) in [7, 11) is 1.30. The number of aromatic nitrogens is 1. The molecular formula is C8H8ClF2NO2. The molecule has 0 bridgehead atoms. The number of aliphatic hydroxyl groups is 1. The minimum absolute atomic E-state index is 0.0687. The highest BCUT2D eigenvalue weighted by atomic mass is 35.5. The minimum Gasteiger partial charge on any atom is -0.494 e. The molecule has 0 radical (unpaired) electrons. The Morgan fingerprint density at radius 3 is 2.71 bits per heavy atom. The number of hydrogen-bond acceptors (Lipinski definition) is 3. The third kappa shape index (κ3) is 1.93. The molecule has 1 N–H and O–H groups in total. The van der Waals surface area contributed by atoms with E-state index in [4.69, 9.17) is 21.4 Å². The molecule has 0 amide bonds. The third-order valence-corrected chi connectivity index (χ3v) is 2.08. The van der Waals surface area contributed by atoms with E-state index in [1.54, 1.807) is 0 Å². The van der Waals surface area contributed by atoms with Crippen LogP contribution in [0.3, 0.4) is 0 Å². The maximum atomic E-state index is 12.5. The Labute approximate surface area is 84.3 Å². The van der Waals surface area contributed by atoms with Crippen molar-refractivity contribution in [3.8, 4) is 5.75 Å². The number of methoxy groups -OCH3 is 1. The molecule has 3 nitrogen and oxygen atoms in total. The summed E-state index contributed by atoms with van der Waals surface area (Å²) in [6.07, 6.45) is -1.59. The van der Waals surface area contributed by atoms with E-state index in [1.165, 1.54) is 13.3 Å². The molecule has 0 aliphatic rings. The molecule has 0 saturated carbocycles. The lowest BCUT2D eigenvalue weighted by atomic mass is 10.2.